The average Bonchev–Trinajstić information content (AvgIpc) is 2.50. The number of rotatable bonds is 5. The number of aliphatic imine (C=N–C) groups is 1. The SMILES string of the molecule is CN=C(NCCN1CCOCC1C)NC1CC(OC)C1(C)C. The summed E-state index contributed by atoms with van der Waals surface area (Å²) in [4.78, 5) is 6.79. The van der Waals surface area contributed by atoms with E-state index in [2.05, 4.69) is 41.3 Å². The van der Waals surface area contributed by atoms with Crippen LogP contribution in [0.5, 0.6) is 0 Å². The van der Waals surface area contributed by atoms with Crippen LogP contribution in [0.3, 0.4) is 0 Å². The van der Waals surface area contributed by atoms with Gasteiger partial charge in [-0.1, -0.05) is 13.8 Å². The van der Waals surface area contributed by atoms with Crippen LogP contribution in [0.25, 0.3) is 0 Å². The first-order chi connectivity index (χ1) is 10.5. The van der Waals surface area contributed by atoms with E-state index in [0.717, 1.165) is 45.2 Å². The zero-order chi connectivity index (χ0) is 16.2. The summed E-state index contributed by atoms with van der Waals surface area (Å²) in [5, 5.41) is 6.94. The lowest BCUT2D eigenvalue weighted by atomic mass is 9.64. The summed E-state index contributed by atoms with van der Waals surface area (Å²) in [5.41, 5.74) is 0.144. The monoisotopic (exact) mass is 312 g/mol. The molecular formula is C16H32N4O2. The zero-order valence-corrected chi connectivity index (χ0v) is 14.7. The summed E-state index contributed by atoms with van der Waals surface area (Å²) in [5.74, 6) is 0.883. The number of ether oxygens (including phenoxy) is 2. The third-order valence-electron chi connectivity index (χ3n) is 5.19. The predicted molar refractivity (Wildman–Crippen MR) is 89.3 cm³/mol. The maximum absolute atomic E-state index is 5.50. The van der Waals surface area contributed by atoms with E-state index in [9.17, 15) is 0 Å². The van der Waals surface area contributed by atoms with E-state index in [0.29, 0.717) is 18.2 Å². The molecule has 1 saturated heterocycles. The van der Waals surface area contributed by atoms with Crippen LogP contribution in [-0.4, -0.2) is 76.1 Å². The molecule has 2 fully saturated rings. The van der Waals surface area contributed by atoms with E-state index < -0.39 is 0 Å². The zero-order valence-electron chi connectivity index (χ0n) is 14.7. The standard InChI is InChI=1S/C16H32N4O2/c1-12-11-22-9-8-20(12)7-6-18-15(17-4)19-13-10-14(21-5)16(13,2)3/h12-14H,6-11H2,1-5H3,(H2,17,18,19). The van der Waals surface area contributed by atoms with Crippen molar-refractivity contribution >= 4 is 5.96 Å². The van der Waals surface area contributed by atoms with Gasteiger partial charge in [-0.25, -0.2) is 0 Å². The fourth-order valence-corrected chi connectivity index (χ4v) is 3.30. The molecule has 0 radical (unpaired) electrons. The summed E-state index contributed by atoms with van der Waals surface area (Å²) >= 11 is 0. The van der Waals surface area contributed by atoms with Crippen LogP contribution in [0.1, 0.15) is 27.2 Å². The van der Waals surface area contributed by atoms with Gasteiger partial charge < -0.3 is 20.1 Å². The Hall–Kier alpha value is -0.850. The van der Waals surface area contributed by atoms with Gasteiger partial charge in [0.05, 0.1) is 19.3 Å². The molecule has 2 aliphatic rings. The van der Waals surface area contributed by atoms with Crippen molar-refractivity contribution in [1.82, 2.24) is 15.5 Å². The van der Waals surface area contributed by atoms with Gasteiger partial charge in [-0.2, -0.15) is 0 Å². The lowest BCUT2D eigenvalue weighted by Crippen LogP contribution is -2.63. The normalized spacial score (nSPS) is 32.4. The van der Waals surface area contributed by atoms with Crippen LogP contribution in [-0.2, 0) is 9.47 Å². The molecule has 2 N–H and O–H groups in total. The highest BCUT2D eigenvalue weighted by Gasteiger charge is 2.48. The van der Waals surface area contributed by atoms with Crippen molar-refractivity contribution in [2.45, 2.75) is 45.4 Å². The Balaban J connectivity index is 1.72. The third-order valence-corrected chi connectivity index (χ3v) is 5.19. The van der Waals surface area contributed by atoms with Gasteiger partial charge in [-0.05, 0) is 13.3 Å². The highest BCUT2D eigenvalue weighted by atomic mass is 16.5. The second-order valence-corrected chi connectivity index (χ2v) is 6.94. The maximum Gasteiger partial charge on any atom is 0.191 e. The maximum atomic E-state index is 5.50. The van der Waals surface area contributed by atoms with Crippen molar-refractivity contribution in [3.8, 4) is 0 Å². The smallest absolute Gasteiger partial charge is 0.191 e. The first-order valence-electron chi connectivity index (χ1n) is 8.30. The minimum Gasteiger partial charge on any atom is -0.381 e. The molecule has 0 aromatic carbocycles. The van der Waals surface area contributed by atoms with Crippen molar-refractivity contribution in [3.05, 3.63) is 0 Å². The molecule has 3 unspecified atom stereocenters. The van der Waals surface area contributed by atoms with Gasteiger partial charge in [-0.3, -0.25) is 9.89 Å². The highest BCUT2D eigenvalue weighted by Crippen LogP contribution is 2.42. The molecule has 6 nitrogen and oxygen atoms in total. The van der Waals surface area contributed by atoms with Crippen LogP contribution in [0, 0.1) is 5.41 Å². The van der Waals surface area contributed by atoms with Gasteiger partial charge in [0, 0.05) is 51.3 Å². The topological polar surface area (TPSA) is 58.1 Å². The Morgan fingerprint density at radius 3 is 2.82 bits per heavy atom. The first-order valence-corrected chi connectivity index (χ1v) is 8.30. The molecule has 0 aromatic heterocycles. The molecule has 0 aromatic rings. The number of hydrogen-bond acceptors (Lipinski definition) is 4. The summed E-state index contributed by atoms with van der Waals surface area (Å²) in [6.45, 7) is 11.3. The largest absolute Gasteiger partial charge is 0.381 e. The van der Waals surface area contributed by atoms with Crippen LogP contribution < -0.4 is 10.6 Å². The molecule has 6 heteroatoms. The minimum absolute atomic E-state index is 0.144. The third kappa shape index (κ3) is 3.91. The van der Waals surface area contributed by atoms with Gasteiger partial charge in [0.25, 0.3) is 0 Å². The molecule has 128 valence electrons. The van der Waals surface area contributed by atoms with Gasteiger partial charge in [0.1, 0.15) is 0 Å². The Labute approximate surface area is 134 Å². The van der Waals surface area contributed by atoms with E-state index in [4.69, 9.17) is 9.47 Å². The fraction of sp³-hybridized carbons (Fsp3) is 0.938. The van der Waals surface area contributed by atoms with Gasteiger partial charge in [-0.15, -0.1) is 0 Å². The lowest BCUT2D eigenvalue weighted by molar-refractivity contribution is -0.0922. The van der Waals surface area contributed by atoms with E-state index in [1.54, 1.807) is 7.11 Å². The molecule has 1 saturated carbocycles. The van der Waals surface area contributed by atoms with Crippen molar-refractivity contribution in [2.75, 3.05) is 47.0 Å². The number of guanidine groups is 1. The van der Waals surface area contributed by atoms with Crippen LogP contribution in [0.4, 0.5) is 0 Å². The summed E-state index contributed by atoms with van der Waals surface area (Å²) in [6, 6.07) is 0.907. The second-order valence-electron chi connectivity index (χ2n) is 6.94. The molecular weight excluding hydrogens is 280 g/mol. The Morgan fingerprint density at radius 1 is 1.45 bits per heavy atom. The summed E-state index contributed by atoms with van der Waals surface area (Å²) < 4.78 is 11.0. The van der Waals surface area contributed by atoms with Crippen molar-refractivity contribution in [2.24, 2.45) is 10.4 Å². The van der Waals surface area contributed by atoms with Gasteiger partial charge in [0.2, 0.25) is 0 Å². The molecule has 0 amide bonds. The van der Waals surface area contributed by atoms with Crippen molar-refractivity contribution in [1.29, 1.82) is 0 Å². The Bertz CT molecular complexity index is 386. The molecule has 1 aliphatic heterocycles. The van der Waals surface area contributed by atoms with Crippen molar-refractivity contribution in [3.63, 3.8) is 0 Å². The van der Waals surface area contributed by atoms with E-state index in [1.807, 2.05) is 7.05 Å². The highest BCUT2D eigenvalue weighted by molar-refractivity contribution is 5.80. The predicted octanol–water partition coefficient (Wildman–Crippen LogP) is 0.686. The van der Waals surface area contributed by atoms with Crippen LogP contribution in [0.2, 0.25) is 0 Å². The average molecular weight is 312 g/mol. The van der Waals surface area contributed by atoms with Gasteiger partial charge >= 0.3 is 0 Å². The van der Waals surface area contributed by atoms with Crippen LogP contribution in [0.15, 0.2) is 4.99 Å². The molecule has 22 heavy (non-hydrogen) atoms. The summed E-state index contributed by atoms with van der Waals surface area (Å²) in [6.07, 6.45) is 1.36. The molecule has 2 rings (SSSR count). The number of nitrogens with zero attached hydrogens (tertiary/aromatic N) is 2. The Morgan fingerprint density at radius 2 is 2.23 bits per heavy atom. The minimum atomic E-state index is 0.144. The number of methoxy groups -OCH3 is 1. The van der Waals surface area contributed by atoms with Crippen LogP contribution >= 0.6 is 0 Å². The molecule has 3 atom stereocenters. The Kier molecular flexibility index (Phi) is 6.06. The lowest BCUT2D eigenvalue weighted by Gasteiger charge is -2.51. The fourth-order valence-electron chi connectivity index (χ4n) is 3.30. The van der Waals surface area contributed by atoms with Gasteiger partial charge in [0.15, 0.2) is 5.96 Å². The van der Waals surface area contributed by atoms with E-state index >= 15 is 0 Å². The van der Waals surface area contributed by atoms with E-state index in [-0.39, 0.29) is 5.41 Å². The number of hydrogen-bond donors (Lipinski definition) is 2. The quantitative estimate of drug-likeness (QED) is 0.578. The molecule has 0 spiro atoms. The van der Waals surface area contributed by atoms with E-state index in [1.165, 1.54) is 0 Å². The molecule has 1 heterocycles. The first kappa shape index (κ1) is 17.5. The number of morpholine rings is 1. The molecule has 1 aliphatic carbocycles. The van der Waals surface area contributed by atoms with Crippen molar-refractivity contribution < 1.29 is 9.47 Å². The second kappa shape index (κ2) is 7.62. The molecule has 0 bridgehead atoms. The summed E-state index contributed by atoms with van der Waals surface area (Å²) in [7, 11) is 3.62. The number of nitrogens with one attached hydrogen (secondary N) is 2.